The molecule has 0 saturated carbocycles. The number of amides is 1. The van der Waals surface area contributed by atoms with Crippen molar-refractivity contribution in [2.24, 2.45) is 0 Å². The lowest BCUT2D eigenvalue weighted by Crippen LogP contribution is -2.36. The van der Waals surface area contributed by atoms with Gasteiger partial charge in [-0.25, -0.2) is 4.79 Å². The topological polar surface area (TPSA) is 154 Å². The lowest BCUT2D eigenvalue weighted by molar-refractivity contribution is -0.121. The molecule has 10 nitrogen and oxygen atoms in total. The molecule has 0 aromatic carbocycles. The highest BCUT2D eigenvalue weighted by Gasteiger charge is 2.44. The van der Waals surface area contributed by atoms with Crippen LogP contribution in [-0.2, 0) is 16.1 Å². The molecule has 4 atom stereocenters. The van der Waals surface area contributed by atoms with Gasteiger partial charge in [0.2, 0.25) is 5.91 Å². The Balaban J connectivity index is 2.21. The van der Waals surface area contributed by atoms with Gasteiger partial charge in [0.1, 0.15) is 24.4 Å². The maximum absolute atomic E-state index is 12.0. The van der Waals surface area contributed by atoms with Crippen molar-refractivity contribution in [1.82, 2.24) is 14.9 Å². The lowest BCUT2D eigenvalue weighted by atomic mass is 10.0. The minimum Gasteiger partial charge on any atom is -0.394 e. The Morgan fingerprint density at radius 3 is 2.72 bits per heavy atom. The first kappa shape index (κ1) is 18.9. The van der Waals surface area contributed by atoms with Gasteiger partial charge < -0.3 is 25.4 Å². The van der Waals surface area contributed by atoms with Gasteiger partial charge in [-0.3, -0.25) is 19.1 Å². The summed E-state index contributed by atoms with van der Waals surface area (Å²) in [4.78, 5) is 37.5. The van der Waals surface area contributed by atoms with E-state index in [9.17, 15) is 24.6 Å². The summed E-state index contributed by atoms with van der Waals surface area (Å²) in [6.45, 7) is -0.511. The number of aromatic amines is 1. The number of carbonyl (C=O) groups excluding carboxylic acids is 1. The standard InChI is InChI=1S/C15H19N3O7/c1-2-4-16-10(20)3-5-18-6-8(14(23)17-15(18)24)13-12(22)11(21)9(7-19)25-13/h1,6,9,11-13,19,21-22H,3-5,7H2,(H,16,20)(H,17,23,24)/t9-,11+,12+,13+/m1/s1. The third-order valence-corrected chi connectivity index (χ3v) is 3.85. The van der Waals surface area contributed by atoms with E-state index in [-0.39, 0.29) is 31.0 Å². The van der Waals surface area contributed by atoms with E-state index in [2.05, 4.69) is 16.2 Å². The van der Waals surface area contributed by atoms with E-state index in [1.807, 2.05) is 0 Å². The molecule has 10 heteroatoms. The van der Waals surface area contributed by atoms with E-state index in [0.29, 0.717) is 0 Å². The molecule has 0 spiro atoms. The fraction of sp³-hybridized carbons (Fsp3) is 0.533. The molecule has 2 heterocycles. The van der Waals surface area contributed by atoms with Crippen molar-refractivity contribution < 1.29 is 24.9 Å². The molecule has 2 rings (SSSR count). The quantitative estimate of drug-likeness (QED) is 0.338. The lowest BCUT2D eigenvalue weighted by Gasteiger charge is -2.15. The van der Waals surface area contributed by atoms with Gasteiger partial charge in [0.25, 0.3) is 5.56 Å². The number of aliphatic hydroxyl groups excluding tert-OH is 3. The maximum atomic E-state index is 12.0. The fourth-order valence-electron chi connectivity index (χ4n) is 2.51. The minimum atomic E-state index is -1.44. The summed E-state index contributed by atoms with van der Waals surface area (Å²) in [5, 5.41) is 31.3. The normalized spacial score (nSPS) is 25.5. The number of nitrogens with one attached hydrogen (secondary N) is 2. The van der Waals surface area contributed by atoms with Crippen LogP contribution in [0, 0.1) is 12.3 Å². The zero-order valence-electron chi connectivity index (χ0n) is 13.2. The van der Waals surface area contributed by atoms with Gasteiger partial charge in [-0.15, -0.1) is 6.42 Å². The van der Waals surface area contributed by atoms with Crippen molar-refractivity contribution in [3.8, 4) is 12.3 Å². The largest absolute Gasteiger partial charge is 0.394 e. The number of H-pyrrole nitrogens is 1. The van der Waals surface area contributed by atoms with Gasteiger partial charge in [0, 0.05) is 19.2 Å². The molecule has 0 unspecified atom stereocenters. The van der Waals surface area contributed by atoms with Crippen molar-refractivity contribution in [3.63, 3.8) is 0 Å². The SMILES string of the molecule is C#CCNC(=O)CCn1cc([C@@H]2O[C@H](CO)[C@H](O)[C@@H]2O)c(=O)[nH]c1=O. The smallest absolute Gasteiger partial charge is 0.328 e. The number of ether oxygens (including phenoxy) is 1. The van der Waals surface area contributed by atoms with Gasteiger partial charge >= 0.3 is 5.69 Å². The van der Waals surface area contributed by atoms with Gasteiger partial charge in [-0.1, -0.05) is 5.92 Å². The number of hydrogen-bond donors (Lipinski definition) is 5. The fourth-order valence-corrected chi connectivity index (χ4v) is 2.51. The first-order valence-electron chi connectivity index (χ1n) is 7.55. The first-order chi connectivity index (χ1) is 11.9. The summed E-state index contributed by atoms with van der Waals surface area (Å²) in [5.74, 6) is 1.87. The third kappa shape index (κ3) is 4.15. The highest BCUT2D eigenvalue weighted by atomic mass is 16.6. The molecule has 1 fully saturated rings. The molecular weight excluding hydrogens is 334 g/mol. The van der Waals surface area contributed by atoms with Crippen molar-refractivity contribution in [3.05, 3.63) is 32.6 Å². The van der Waals surface area contributed by atoms with Crippen molar-refractivity contribution in [1.29, 1.82) is 0 Å². The second kappa shape index (κ2) is 8.09. The summed E-state index contributed by atoms with van der Waals surface area (Å²) in [6.07, 6.45) is 1.07. The Morgan fingerprint density at radius 2 is 2.12 bits per heavy atom. The highest BCUT2D eigenvalue weighted by molar-refractivity contribution is 5.76. The van der Waals surface area contributed by atoms with E-state index in [1.165, 1.54) is 0 Å². The number of aliphatic hydroxyl groups is 3. The molecule has 136 valence electrons. The summed E-state index contributed by atoms with van der Waals surface area (Å²) in [6, 6.07) is 0. The van der Waals surface area contributed by atoms with Gasteiger partial charge in [0.15, 0.2) is 0 Å². The number of hydrogen-bond acceptors (Lipinski definition) is 7. The monoisotopic (exact) mass is 353 g/mol. The average Bonchev–Trinajstić information content (AvgIpc) is 2.87. The summed E-state index contributed by atoms with van der Waals surface area (Å²) < 4.78 is 6.37. The van der Waals surface area contributed by atoms with Crippen LogP contribution < -0.4 is 16.6 Å². The molecule has 0 radical (unpaired) electrons. The summed E-state index contributed by atoms with van der Waals surface area (Å²) in [5.41, 5.74) is -1.61. The Hall–Kier alpha value is -2.45. The second-order valence-electron chi connectivity index (χ2n) is 5.53. The summed E-state index contributed by atoms with van der Waals surface area (Å²) in [7, 11) is 0. The van der Waals surface area contributed by atoms with Crippen molar-refractivity contribution in [2.75, 3.05) is 13.2 Å². The van der Waals surface area contributed by atoms with Crippen LogP contribution in [0.3, 0.4) is 0 Å². The molecule has 1 saturated heterocycles. The minimum absolute atomic E-state index is 0.0339. The zero-order chi connectivity index (χ0) is 18.6. The molecule has 1 aromatic heterocycles. The van der Waals surface area contributed by atoms with Crippen molar-refractivity contribution >= 4 is 5.91 Å². The number of carbonyl (C=O) groups is 1. The predicted octanol–water partition coefficient (Wildman–Crippen LogP) is -3.17. The van der Waals surface area contributed by atoms with Crippen LogP contribution in [0.1, 0.15) is 18.1 Å². The van der Waals surface area contributed by atoms with Crippen LogP contribution >= 0.6 is 0 Å². The average molecular weight is 353 g/mol. The summed E-state index contributed by atoms with van der Waals surface area (Å²) >= 11 is 0. The molecule has 1 aliphatic heterocycles. The van der Waals surface area contributed by atoms with E-state index in [1.54, 1.807) is 0 Å². The molecule has 5 N–H and O–H groups in total. The molecule has 1 aliphatic rings. The molecule has 0 bridgehead atoms. The second-order valence-corrected chi connectivity index (χ2v) is 5.53. The number of aromatic nitrogens is 2. The van der Waals surface area contributed by atoms with Crippen LogP contribution in [0.2, 0.25) is 0 Å². The van der Waals surface area contributed by atoms with Gasteiger partial charge in [-0.2, -0.15) is 0 Å². The molecule has 1 amide bonds. The van der Waals surface area contributed by atoms with Crippen LogP contribution in [0.15, 0.2) is 15.8 Å². The number of aryl methyl sites for hydroxylation is 1. The molecular formula is C15H19N3O7. The number of nitrogens with zero attached hydrogens (tertiary/aromatic N) is 1. The van der Waals surface area contributed by atoms with Gasteiger partial charge in [0.05, 0.1) is 18.7 Å². The zero-order valence-corrected chi connectivity index (χ0v) is 13.2. The molecule has 1 aromatic rings. The van der Waals surface area contributed by atoms with Crippen LogP contribution in [0.25, 0.3) is 0 Å². The Morgan fingerprint density at radius 1 is 1.40 bits per heavy atom. The first-order valence-corrected chi connectivity index (χ1v) is 7.55. The Kier molecular flexibility index (Phi) is 6.11. The predicted molar refractivity (Wildman–Crippen MR) is 84.5 cm³/mol. The third-order valence-electron chi connectivity index (χ3n) is 3.85. The number of rotatable bonds is 6. The van der Waals surface area contributed by atoms with Crippen LogP contribution in [0.4, 0.5) is 0 Å². The van der Waals surface area contributed by atoms with Crippen LogP contribution in [-0.4, -0.2) is 62.2 Å². The van der Waals surface area contributed by atoms with E-state index >= 15 is 0 Å². The van der Waals surface area contributed by atoms with Crippen LogP contribution in [0.5, 0.6) is 0 Å². The van der Waals surface area contributed by atoms with E-state index < -0.39 is 42.3 Å². The Bertz CT molecular complexity index is 779. The highest BCUT2D eigenvalue weighted by Crippen LogP contribution is 2.31. The van der Waals surface area contributed by atoms with E-state index in [0.717, 1.165) is 10.8 Å². The van der Waals surface area contributed by atoms with Crippen molar-refractivity contribution in [2.45, 2.75) is 37.4 Å². The maximum Gasteiger partial charge on any atom is 0.328 e. The molecule has 0 aliphatic carbocycles. The number of terminal acetylenes is 1. The van der Waals surface area contributed by atoms with E-state index in [4.69, 9.17) is 16.3 Å². The Labute approximate surface area is 142 Å². The van der Waals surface area contributed by atoms with Gasteiger partial charge in [-0.05, 0) is 0 Å². The molecule has 25 heavy (non-hydrogen) atoms.